The van der Waals surface area contributed by atoms with E-state index in [0.717, 1.165) is 0 Å². The first-order valence-electron chi connectivity index (χ1n) is 4.62. The molecule has 0 saturated carbocycles. The molecule has 0 amide bonds. The fourth-order valence-corrected chi connectivity index (χ4v) is 0. The summed E-state index contributed by atoms with van der Waals surface area (Å²) in [4.78, 5) is 0.500. The molecule has 0 aromatic carbocycles. The predicted molar refractivity (Wildman–Crippen MR) is 84.7 cm³/mol. The highest BCUT2D eigenvalue weighted by Gasteiger charge is 1.54. The van der Waals surface area contributed by atoms with Gasteiger partial charge >= 0.3 is 0 Å². The molecule has 0 fully saturated rings. The maximum Gasteiger partial charge on any atom is 0.0695 e. The molecule has 0 saturated heterocycles. The average molecular weight is 280 g/mol. The fraction of sp³-hybridized carbons (Fsp3) is 0.364. The number of rotatable bonds is 0. The normalized spacial score (nSPS) is 5.89. The third-order valence-corrected chi connectivity index (χ3v) is 0. The standard InChI is InChI=1S/3C3H7N.C2H5NS.H2O2/c3*1-3(2)4;1-2(3)4;1-2/h3*1,4H2,2H3;1H3,(H2,3,4);1-2H. The van der Waals surface area contributed by atoms with Crippen molar-refractivity contribution in [2.45, 2.75) is 27.7 Å². The van der Waals surface area contributed by atoms with Gasteiger partial charge in [0.1, 0.15) is 0 Å². The first kappa shape index (κ1) is 29.9. The summed E-state index contributed by atoms with van der Waals surface area (Å²) in [5, 5.41) is 12.0. The van der Waals surface area contributed by atoms with Crippen molar-refractivity contribution >= 4 is 17.2 Å². The lowest BCUT2D eigenvalue weighted by molar-refractivity contribution is -0.176. The quantitative estimate of drug-likeness (QED) is 0.225. The van der Waals surface area contributed by atoms with Crippen LogP contribution in [0.1, 0.15) is 27.7 Å². The van der Waals surface area contributed by atoms with Crippen molar-refractivity contribution < 1.29 is 10.5 Å². The molecule has 110 valence electrons. The van der Waals surface area contributed by atoms with Crippen molar-refractivity contribution in [3.63, 3.8) is 0 Å². The molecule has 7 heteroatoms. The van der Waals surface area contributed by atoms with Crippen molar-refractivity contribution in [1.82, 2.24) is 0 Å². The number of thiocarbonyl (C=S) groups is 1. The van der Waals surface area contributed by atoms with Crippen molar-refractivity contribution in [3.8, 4) is 0 Å². The summed E-state index contributed by atoms with van der Waals surface area (Å²) in [7, 11) is 0. The molecule has 0 radical (unpaired) electrons. The lowest BCUT2D eigenvalue weighted by Crippen LogP contribution is -1.98. The molecule has 0 unspecified atom stereocenters. The number of nitrogens with two attached hydrogens (primary N) is 4. The van der Waals surface area contributed by atoms with Gasteiger partial charge in [-0.05, 0) is 44.8 Å². The molecule has 0 aliphatic rings. The molecule has 0 aliphatic carbocycles. The van der Waals surface area contributed by atoms with E-state index >= 15 is 0 Å². The third kappa shape index (κ3) is 1060. The van der Waals surface area contributed by atoms with Gasteiger partial charge in [-0.25, -0.2) is 0 Å². The minimum Gasteiger partial charge on any atom is -0.403 e. The van der Waals surface area contributed by atoms with Crippen LogP contribution < -0.4 is 22.9 Å². The average Bonchev–Trinajstić information content (AvgIpc) is 2.01. The molecule has 0 heterocycles. The topological polar surface area (TPSA) is 145 Å². The predicted octanol–water partition coefficient (Wildman–Crippen LogP) is 1.75. The van der Waals surface area contributed by atoms with Gasteiger partial charge in [-0.2, -0.15) is 0 Å². The van der Waals surface area contributed by atoms with Crippen LogP contribution in [0, 0.1) is 0 Å². The molecular weight excluding hydrogens is 252 g/mol. The van der Waals surface area contributed by atoms with Crippen LogP contribution in [0.25, 0.3) is 0 Å². The highest BCUT2D eigenvalue weighted by atomic mass is 32.1. The van der Waals surface area contributed by atoms with Gasteiger partial charge in [0.2, 0.25) is 0 Å². The van der Waals surface area contributed by atoms with E-state index in [0.29, 0.717) is 22.1 Å². The number of allylic oxidation sites excluding steroid dienone is 3. The molecular formula is C11H28N4O2S. The zero-order valence-corrected chi connectivity index (χ0v) is 12.5. The Balaban J connectivity index is -0.0000000399. The summed E-state index contributed by atoms with van der Waals surface area (Å²) in [5.74, 6) is 0. The molecule has 0 rings (SSSR count). The summed E-state index contributed by atoms with van der Waals surface area (Å²) < 4.78 is 0. The first-order valence-corrected chi connectivity index (χ1v) is 5.03. The van der Waals surface area contributed by atoms with Gasteiger partial charge in [-0.3, -0.25) is 10.5 Å². The smallest absolute Gasteiger partial charge is 0.0695 e. The van der Waals surface area contributed by atoms with Crippen LogP contribution >= 0.6 is 12.2 Å². The SMILES string of the molecule is C=C(C)N.C=C(C)N.C=C(C)N.CC(N)=S.OO. The van der Waals surface area contributed by atoms with Crippen LogP contribution in [0.4, 0.5) is 0 Å². The Morgan fingerprint density at radius 1 is 0.722 bits per heavy atom. The van der Waals surface area contributed by atoms with Crippen molar-refractivity contribution in [2.24, 2.45) is 22.9 Å². The Kier molecular flexibility index (Phi) is 49.1. The first-order chi connectivity index (χ1) is 7.93. The molecule has 10 N–H and O–H groups in total. The minimum atomic E-state index is 0.500. The monoisotopic (exact) mass is 280 g/mol. The van der Waals surface area contributed by atoms with Gasteiger partial charge < -0.3 is 22.9 Å². The van der Waals surface area contributed by atoms with E-state index in [-0.39, 0.29) is 0 Å². The van der Waals surface area contributed by atoms with Gasteiger partial charge in [-0.1, -0.05) is 32.0 Å². The second-order valence-corrected chi connectivity index (χ2v) is 3.79. The van der Waals surface area contributed by atoms with Crippen molar-refractivity contribution in [2.75, 3.05) is 0 Å². The van der Waals surface area contributed by atoms with E-state index in [2.05, 4.69) is 32.0 Å². The van der Waals surface area contributed by atoms with Gasteiger partial charge in [0.05, 0.1) is 4.99 Å². The molecule has 0 atom stereocenters. The largest absolute Gasteiger partial charge is 0.403 e. The molecule has 6 nitrogen and oxygen atoms in total. The number of hydrogen-bond donors (Lipinski definition) is 6. The maximum absolute atomic E-state index is 6.00. The Morgan fingerprint density at radius 3 is 0.722 bits per heavy atom. The fourth-order valence-electron chi connectivity index (χ4n) is 0. The Bertz CT molecular complexity index is 167. The van der Waals surface area contributed by atoms with Gasteiger partial charge in [0, 0.05) is 0 Å². The van der Waals surface area contributed by atoms with E-state index in [1.807, 2.05) is 0 Å². The highest BCUT2D eigenvalue weighted by Crippen LogP contribution is 1.59. The zero-order valence-electron chi connectivity index (χ0n) is 11.7. The highest BCUT2D eigenvalue weighted by molar-refractivity contribution is 7.80. The van der Waals surface area contributed by atoms with E-state index in [4.69, 9.17) is 33.4 Å². The van der Waals surface area contributed by atoms with Crippen LogP contribution in [0.2, 0.25) is 0 Å². The van der Waals surface area contributed by atoms with Crippen LogP contribution in [-0.4, -0.2) is 15.5 Å². The Morgan fingerprint density at radius 2 is 0.722 bits per heavy atom. The minimum absolute atomic E-state index is 0.500. The Hall–Kier alpha value is -1.57. The van der Waals surface area contributed by atoms with E-state index in [9.17, 15) is 0 Å². The van der Waals surface area contributed by atoms with E-state index in [1.165, 1.54) is 0 Å². The Labute approximate surface area is 116 Å². The van der Waals surface area contributed by atoms with Crippen molar-refractivity contribution in [1.29, 1.82) is 0 Å². The lowest BCUT2D eigenvalue weighted by Gasteiger charge is -1.69. The van der Waals surface area contributed by atoms with Crippen LogP contribution in [0.5, 0.6) is 0 Å². The van der Waals surface area contributed by atoms with E-state index < -0.39 is 0 Å². The van der Waals surface area contributed by atoms with Gasteiger partial charge in [0.25, 0.3) is 0 Å². The summed E-state index contributed by atoms with van der Waals surface area (Å²) >= 11 is 4.31. The zero-order chi connectivity index (χ0) is 16.3. The molecule has 0 spiro atoms. The summed E-state index contributed by atoms with van der Waals surface area (Å²) in [6, 6.07) is 0. The lowest BCUT2D eigenvalue weighted by atomic mass is 10.6. The third-order valence-electron chi connectivity index (χ3n) is 0. The molecule has 0 aliphatic heterocycles. The molecule has 0 bridgehead atoms. The van der Waals surface area contributed by atoms with Crippen molar-refractivity contribution in [3.05, 3.63) is 36.8 Å². The molecule has 0 aromatic heterocycles. The van der Waals surface area contributed by atoms with Crippen LogP contribution in [-0.2, 0) is 0 Å². The summed E-state index contributed by atoms with van der Waals surface area (Å²) in [6.07, 6.45) is 0. The second-order valence-electron chi connectivity index (χ2n) is 3.15. The summed E-state index contributed by atoms with van der Waals surface area (Å²) in [6.45, 7) is 16.9. The van der Waals surface area contributed by atoms with Crippen LogP contribution in [0.15, 0.2) is 36.8 Å². The van der Waals surface area contributed by atoms with E-state index in [1.54, 1.807) is 27.7 Å². The summed E-state index contributed by atoms with van der Waals surface area (Å²) in [5.41, 5.74) is 21.6. The molecule has 0 aromatic rings. The number of hydrogen-bond acceptors (Lipinski definition) is 6. The van der Waals surface area contributed by atoms with Gasteiger partial charge in [-0.15, -0.1) is 0 Å². The maximum atomic E-state index is 6.00. The molecule has 18 heavy (non-hydrogen) atoms. The second kappa shape index (κ2) is 29.5. The van der Waals surface area contributed by atoms with Gasteiger partial charge in [0.15, 0.2) is 0 Å². The van der Waals surface area contributed by atoms with Crippen LogP contribution in [0.3, 0.4) is 0 Å².